The fourth-order valence-electron chi connectivity index (χ4n) is 6.72. The average Bonchev–Trinajstić information content (AvgIpc) is 3.53. The maximum atomic E-state index is 6.27. The van der Waals surface area contributed by atoms with E-state index >= 15 is 0 Å². The largest absolute Gasteiger partial charge is 0.486 e. The van der Waals surface area contributed by atoms with E-state index in [0.717, 1.165) is 57.4 Å². The summed E-state index contributed by atoms with van der Waals surface area (Å²) < 4.78 is 6.27. The summed E-state index contributed by atoms with van der Waals surface area (Å²) in [5.41, 5.74) is 14.0. The van der Waals surface area contributed by atoms with Crippen LogP contribution < -0.4 is 0 Å². The van der Waals surface area contributed by atoms with Gasteiger partial charge < -0.3 is 14.4 Å². The van der Waals surface area contributed by atoms with Gasteiger partial charge in [0.1, 0.15) is 0 Å². The molecule has 4 heterocycles. The number of aryl methyl sites for hydroxylation is 1. The van der Waals surface area contributed by atoms with Crippen LogP contribution in [0.1, 0.15) is 69.5 Å². The van der Waals surface area contributed by atoms with Gasteiger partial charge in [0.2, 0.25) is 5.71 Å². The quantitative estimate of drug-likeness (QED) is 0.156. The van der Waals surface area contributed by atoms with Crippen LogP contribution in [0.2, 0.25) is 0 Å². The SMILES string of the molecule is CC(C)(C)Cc1ccnc(-c2[c-]ccc3c2oc2nc(Cc4ccccc4)ccc23)c1.Cc1c[c-]c(-c2ccc(C(C)(C)C)cn2)cc1-c1ccccc1.[Ir]. The van der Waals surface area contributed by atoms with E-state index in [1.54, 1.807) is 0 Å². The molecule has 8 aromatic rings. The molecular weight excluding hydrogens is 851 g/mol. The molecule has 4 aromatic heterocycles. The van der Waals surface area contributed by atoms with Gasteiger partial charge in [-0.25, -0.2) is 4.98 Å². The Morgan fingerprint density at radius 2 is 1.44 bits per heavy atom. The Bertz CT molecular complexity index is 2510. The van der Waals surface area contributed by atoms with Crippen LogP contribution >= 0.6 is 0 Å². The van der Waals surface area contributed by atoms with E-state index in [-0.39, 0.29) is 30.9 Å². The number of benzene rings is 4. The van der Waals surface area contributed by atoms with Crippen molar-refractivity contribution in [2.45, 2.75) is 66.7 Å². The molecule has 55 heavy (non-hydrogen) atoms. The Morgan fingerprint density at radius 1 is 0.691 bits per heavy atom. The van der Waals surface area contributed by atoms with Gasteiger partial charge in [0, 0.05) is 50.0 Å². The molecule has 5 heteroatoms. The van der Waals surface area contributed by atoms with E-state index < -0.39 is 0 Å². The Morgan fingerprint density at radius 3 is 2.13 bits per heavy atom. The first kappa shape index (κ1) is 39.5. The summed E-state index contributed by atoms with van der Waals surface area (Å²) in [7, 11) is 0. The van der Waals surface area contributed by atoms with Gasteiger partial charge >= 0.3 is 0 Å². The average molecular weight is 898 g/mol. The summed E-state index contributed by atoms with van der Waals surface area (Å²) >= 11 is 0. The summed E-state index contributed by atoms with van der Waals surface area (Å²) in [5.74, 6) is 0. The van der Waals surface area contributed by atoms with Gasteiger partial charge in [0.15, 0.2) is 0 Å². The van der Waals surface area contributed by atoms with Crippen LogP contribution in [0.5, 0.6) is 0 Å². The predicted octanol–water partition coefficient (Wildman–Crippen LogP) is 12.8. The Hall–Kier alpha value is -5.22. The monoisotopic (exact) mass is 898 g/mol. The minimum atomic E-state index is 0. The van der Waals surface area contributed by atoms with Crippen molar-refractivity contribution in [1.82, 2.24) is 15.0 Å². The topological polar surface area (TPSA) is 51.8 Å². The molecule has 4 nitrogen and oxygen atoms in total. The number of furan rings is 1. The van der Waals surface area contributed by atoms with Gasteiger partial charge in [-0.2, -0.15) is 0 Å². The second-order valence-corrected chi connectivity index (χ2v) is 16.3. The van der Waals surface area contributed by atoms with Gasteiger partial charge in [-0.3, -0.25) is 0 Å². The van der Waals surface area contributed by atoms with Crippen LogP contribution in [0.25, 0.3) is 55.7 Å². The molecule has 279 valence electrons. The van der Waals surface area contributed by atoms with E-state index in [4.69, 9.17) is 9.40 Å². The van der Waals surface area contributed by atoms with Crippen molar-refractivity contribution in [2.24, 2.45) is 5.41 Å². The molecule has 8 rings (SSSR count). The van der Waals surface area contributed by atoms with E-state index in [9.17, 15) is 0 Å². The molecule has 0 saturated carbocycles. The molecule has 0 aliphatic heterocycles. The minimum absolute atomic E-state index is 0. The molecule has 0 aliphatic rings. The fourth-order valence-corrected chi connectivity index (χ4v) is 6.72. The van der Waals surface area contributed by atoms with Crippen molar-refractivity contribution >= 4 is 22.1 Å². The number of aromatic nitrogens is 3. The van der Waals surface area contributed by atoms with Crippen molar-refractivity contribution in [2.75, 3.05) is 0 Å². The van der Waals surface area contributed by atoms with E-state index in [1.807, 2.05) is 36.7 Å². The van der Waals surface area contributed by atoms with Crippen molar-refractivity contribution in [3.05, 3.63) is 174 Å². The summed E-state index contributed by atoms with van der Waals surface area (Å²) in [6, 6.07) is 48.5. The molecule has 0 aliphatic carbocycles. The van der Waals surface area contributed by atoms with Crippen LogP contribution in [0, 0.1) is 24.5 Å². The van der Waals surface area contributed by atoms with Crippen LogP contribution in [0.3, 0.4) is 0 Å². The first-order valence-corrected chi connectivity index (χ1v) is 18.7. The van der Waals surface area contributed by atoms with E-state index in [0.29, 0.717) is 5.71 Å². The second kappa shape index (κ2) is 16.7. The summed E-state index contributed by atoms with van der Waals surface area (Å²) in [4.78, 5) is 14.1. The zero-order valence-electron chi connectivity index (χ0n) is 32.7. The smallest absolute Gasteiger partial charge is 0.216 e. The van der Waals surface area contributed by atoms with E-state index in [1.165, 1.54) is 33.4 Å². The van der Waals surface area contributed by atoms with E-state index in [2.05, 4.69) is 168 Å². The third-order valence-corrected chi connectivity index (χ3v) is 9.55. The standard InChI is InChI=1S/C28H25N2O.C22H22N.Ir/c1-28(2,3)18-20-14-15-29-25(17-20)24-11-7-10-22-23-13-12-21(30-27(23)31-26(22)24)16-19-8-5-4-6-9-19;1-16-10-11-18(14-20(16)17-8-6-5-7-9-17)21-13-12-19(15-23-21)22(2,3)4;/h4-10,12-15,17H,16,18H2,1-3H3;5-10,12-15H,1-4H3;/q2*-1;. The summed E-state index contributed by atoms with van der Waals surface area (Å²) in [6.07, 6.45) is 5.62. The molecule has 0 fully saturated rings. The van der Waals surface area contributed by atoms with Gasteiger partial charge in [0.25, 0.3) is 0 Å². The maximum Gasteiger partial charge on any atom is 0.216 e. The van der Waals surface area contributed by atoms with Crippen molar-refractivity contribution in [1.29, 1.82) is 0 Å². The zero-order chi connectivity index (χ0) is 37.9. The van der Waals surface area contributed by atoms with Crippen LogP contribution in [0.4, 0.5) is 0 Å². The minimum Gasteiger partial charge on any atom is -0.486 e. The molecule has 0 bridgehead atoms. The van der Waals surface area contributed by atoms with Gasteiger partial charge in [-0.05, 0) is 63.5 Å². The van der Waals surface area contributed by atoms with Crippen molar-refractivity contribution in [3.8, 4) is 33.6 Å². The van der Waals surface area contributed by atoms with Crippen molar-refractivity contribution < 1.29 is 24.5 Å². The van der Waals surface area contributed by atoms with Crippen molar-refractivity contribution in [3.63, 3.8) is 0 Å². The summed E-state index contributed by atoms with van der Waals surface area (Å²) in [6.45, 7) is 15.5. The molecule has 0 unspecified atom stereocenters. The Balaban J connectivity index is 0.000000192. The summed E-state index contributed by atoms with van der Waals surface area (Å²) in [5, 5.41) is 2.07. The second-order valence-electron chi connectivity index (χ2n) is 16.3. The number of fused-ring (bicyclic) bond motifs is 3. The normalized spacial score (nSPS) is 11.5. The fraction of sp³-hybridized carbons (Fsp3) is 0.220. The molecule has 0 amide bonds. The molecular formula is C50H47IrN3O-2. The third-order valence-electron chi connectivity index (χ3n) is 9.55. The van der Waals surface area contributed by atoms with Gasteiger partial charge in [0.05, 0.1) is 5.58 Å². The van der Waals surface area contributed by atoms with Crippen LogP contribution in [-0.4, -0.2) is 15.0 Å². The van der Waals surface area contributed by atoms with Crippen LogP contribution in [-0.2, 0) is 38.4 Å². The molecule has 0 spiro atoms. The first-order chi connectivity index (χ1) is 25.9. The predicted molar refractivity (Wildman–Crippen MR) is 223 cm³/mol. The molecule has 1 radical (unpaired) electrons. The number of pyridine rings is 3. The van der Waals surface area contributed by atoms with Gasteiger partial charge in [-0.15, -0.1) is 47.5 Å². The first-order valence-electron chi connectivity index (χ1n) is 18.7. The number of nitrogens with zero attached hydrogens (tertiary/aromatic N) is 3. The zero-order valence-corrected chi connectivity index (χ0v) is 35.1. The number of rotatable bonds is 6. The number of hydrogen-bond donors (Lipinski definition) is 0. The van der Waals surface area contributed by atoms with Gasteiger partial charge in [-0.1, -0.05) is 149 Å². The molecule has 0 saturated heterocycles. The third kappa shape index (κ3) is 9.54. The Labute approximate surface area is 339 Å². The number of hydrogen-bond acceptors (Lipinski definition) is 4. The molecule has 4 aromatic carbocycles. The van der Waals surface area contributed by atoms with Crippen LogP contribution in [0.15, 0.2) is 138 Å². The molecule has 0 atom stereocenters. The maximum absolute atomic E-state index is 6.27. The molecule has 0 N–H and O–H groups in total. The Kier molecular flexibility index (Phi) is 11.9.